The Labute approximate surface area is 73.6 Å². The SMILES string of the molecule is O=[13C](O)[13C](=O)c1cccc(Cl)c1. The van der Waals surface area contributed by atoms with Crippen molar-refractivity contribution >= 4 is 23.4 Å². The fourth-order valence-electron chi connectivity index (χ4n) is 0.753. The Bertz CT molecular complexity index is 333. The fraction of sp³-hybridized carbons (Fsp3) is 0. The van der Waals surface area contributed by atoms with Gasteiger partial charge in [0.1, 0.15) is 0 Å². The molecule has 0 aliphatic rings. The molecule has 0 fully saturated rings. The summed E-state index contributed by atoms with van der Waals surface area (Å²) in [5, 5.41) is 8.68. The molecule has 0 aliphatic carbocycles. The highest BCUT2D eigenvalue weighted by Gasteiger charge is 2.13. The molecule has 0 saturated heterocycles. The van der Waals surface area contributed by atoms with Crippen molar-refractivity contribution in [1.82, 2.24) is 0 Å². The van der Waals surface area contributed by atoms with Crippen molar-refractivity contribution in [1.29, 1.82) is 0 Å². The van der Waals surface area contributed by atoms with E-state index in [9.17, 15) is 9.59 Å². The Morgan fingerprint density at radius 3 is 2.50 bits per heavy atom. The van der Waals surface area contributed by atoms with E-state index in [1.165, 1.54) is 18.2 Å². The molecule has 0 bridgehead atoms. The predicted octanol–water partition coefficient (Wildman–Crippen LogP) is 1.61. The first kappa shape index (κ1) is 8.74. The summed E-state index contributed by atoms with van der Waals surface area (Å²) in [7, 11) is 0. The Kier molecular flexibility index (Phi) is 2.45. The van der Waals surface area contributed by atoms with Crippen LogP contribution in [0, 0.1) is 0 Å². The predicted molar refractivity (Wildman–Crippen MR) is 43.4 cm³/mol. The van der Waals surface area contributed by atoms with Crippen molar-refractivity contribution in [3.8, 4) is 0 Å². The van der Waals surface area contributed by atoms with Gasteiger partial charge in [-0.3, -0.25) is 4.79 Å². The number of carbonyl (C=O) groups is 2. The maximum absolute atomic E-state index is 10.8. The quantitative estimate of drug-likeness (QED) is 0.434. The number of benzene rings is 1. The minimum absolute atomic E-state index is 0.0926. The third-order valence-corrected chi connectivity index (χ3v) is 1.52. The second-order valence-corrected chi connectivity index (χ2v) is 2.58. The van der Waals surface area contributed by atoms with Crippen molar-refractivity contribution < 1.29 is 14.7 Å². The highest BCUT2D eigenvalue weighted by Crippen LogP contribution is 2.10. The number of carboxylic acid groups (broad SMARTS) is 1. The van der Waals surface area contributed by atoms with Crippen LogP contribution in [0.1, 0.15) is 10.4 Å². The van der Waals surface area contributed by atoms with E-state index in [-0.39, 0.29) is 5.56 Å². The molecule has 0 atom stereocenters. The molecule has 0 radical (unpaired) electrons. The zero-order valence-corrected chi connectivity index (χ0v) is 6.71. The normalized spacial score (nSPS) is 9.42. The van der Waals surface area contributed by atoms with Crippen LogP contribution in [-0.4, -0.2) is 16.9 Å². The maximum Gasteiger partial charge on any atom is 0.377 e. The summed E-state index contributed by atoms with van der Waals surface area (Å²) in [5.74, 6) is -2.42. The lowest BCUT2D eigenvalue weighted by molar-refractivity contribution is -0.131. The largest absolute Gasteiger partial charge is 0.475 e. The van der Waals surface area contributed by atoms with Gasteiger partial charge in [-0.15, -0.1) is 0 Å². The molecule has 1 aromatic carbocycles. The molecule has 1 N–H and O–H groups in total. The van der Waals surface area contributed by atoms with Crippen LogP contribution < -0.4 is 0 Å². The molecule has 0 heterocycles. The number of carboxylic acids is 1. The van der Waals surface area contributed by atoms with E-state index in [1.54, 1.807) is 6.07 Å². The lowest BCUT2D eigenvalue weighted by atomic mass is 10.3. The first-order valence-corrected chi connectivity index (χ1v) is 3.52. The summed E-state index contributed by atoms with van der Waals surface area (Å²) in [6.45, 7) is 0. The number of aliphatic carboxylic acids is 1. The second kappa shape index (κ2) is 3.36. The molecule has 1 aromatic rings. The Morgan fingerprint density at radius 2 is 2.00 bits per heavy atom. The van der Waals surface area contributed by atoms with E-state index >= 15 is 0 Å². The topological polar surface area (TPSA) is 54.4 Å². The molecule has 0 saturated carbocycles. The molecule has 1 rings (SSSR count). The lowest BCUT2D eigenvalue weighted by Crippen LogP contribution is -2.12. The van der Waals surface area contributed by atoms with Crippen LogP contribution >= 0.6 is 11.6 Å². The van der Waals surface area contributed by atoms with Crippen LogP contribution in [0.15, 0.2) is 24.3 Å². The van der Waals surface area contributed by atoms with Crippen LogP contribution in [-0.2, 0) is 4.79 Å². The number of halogens is 1. The molecule has 0 spiro atoms. The zero-order chi connectivity index (χ0) is 9.14. The molecule has 4 heteroatoms. The number of rotatable bonds is 2. The van der Waals surface area contributed by atoms with Crippen molar-refractivity contribution in [2.75, 3.05) is 0 Å². The molecular formula is C8H5ClO3. The summed E-state index contributed by atoms with van der Waals surface area (Å²) in [4.78, 5) is 21.1. The number of hydrogen-bond acceptors (Lipinski definition) is 2. The van der Waals surface area contributed by atoms with Crippen LogP contribution in [0.5, 0.6) is 0 Å². The van der Waals surface area contributed by atoms with Gasteiger partial charge in [0, 0.05) is 10.6 Å². The van der Waals surface area contributed by atoms with Crippen LogP contribution in [0.3, 0.4) is 0 Å². The fourth-order valence-corrected chi connectivity index (χ4v) is 0.943. The minimum Gasteiger partial charge on any atom is -0.475 e. The monoisotopic (exact) mass is 186 g/mol. The van der Waals surface area contributed by atoms with Gasteiger partial charge < -0.3 is 5.11 Å². The van der Waals surface area contributed by atoms with E-state index in [0.29, 0.717) is 5.02 Å². The minimum atomic E-state index is -1.47. The molecular weight excluding hydrogens is 182 g/mol. The smallest absolute Gasteiger partial charge is 0.377 e. The van der Waals surface area contributed by atoms with Crippen LogP contribution in [0.2, 0.25) is 5.02 Å². The van der Waals surface area contributed by atoms with Gasteiger partial charge in [-0.1, -0.05) is 23.7 Å². The summed E-state index contributed by atoms with van der Waals surface area (Å²) in [6, 6.07) is 5.82. The Hall–Kier alpha value is -1.35. The van der Waals surface area contributed by atoms with E-state index in [4.69, 9.17) is 16.7 Å². The average Bonchev–Trinajstić information content (AvgIpc) is 2.03. The molecule has 0 aliphatic heterocycles. The van der Waals surface area contributed by atoms with Gasteiger partial charge in [0.15, 0.2) is 0 Å². The standard InChI is InChI=1S/C8H5ClO3/c9-6-3-1-2-5(4-6)7(10)8(11)12/h1-4H,(H,11,12)/i7+1,8+1. The van der Waals surface area contributed by atoms with Gasteiger partial charge in [-0.25, -0.2) is 4.79 Å². The van der Waals surface area contributed by atoms with E-state index < -0.39 is 11.8 Å². The third-order valence-electron chi connectivity index (χ3n) is 1.28. The van der Waals surface area contributed by atoms with Gasteiger partial charge in [-0.2, -0.15) is 0 Å². The van der Waals surface area contributed by atoms with Gasteiger partial charge in [0.25, 0.3) is 5.78 Å². The molecule has 3 nitrogen and oxygen atoms in total. The van der Waals surface area contributed by atoms with Crippen LogP contribution in [0.4, 0.5) is 0 Å². The van der Waals surface area contributed by atoms with E-state index in [2.05, 4.69) is 0 Å². The maximum atomic E-state index is 10.8. The number of hydrogen-bond donors (Lipinski definition) is 1. The second-order valence-electron chi connectivity index (χ2n) is 2.14. The Balaban J connectivity index is 3.04. The number of Topliss-reactive ketones (excluding diaryl/α,β-unsaturated/α-hetero) is 1. The van der Waals surface area contributed by atoms with Crippen molar-refractivity contribution in [2.45, 2.75) is 0 Å². The van der Waals surface area contributed by atoms with Gasteiger partial charge in [-0.05, 0) is 12.1 Å². The summed E-state index contributed by atoms with van der Waals surface area (Å²) >= 11 is 5.55. The summed E-state index contributed by atoms with van der Waals surface area (Å²) in [5.41, 5.74) is 0.0926. The summed E-state index contributed by atoms with van der Waals surface area (Å²) < 4.78 is 0. The molecule has 62 valence electrons. The number of carbonyl (C=O) groups excluding carboxylic acids is 1. The van der Waals surface area contributed by atoms with Gasteiger partial charge in [0.2, 0.25) is 0 Å². The van der Waals surface area contributed by atoms with Crippen molar-refractivity contribution in [3.05, 3.63) is 34.9 Å². The van der Waals surface area contributed by atoms with Crippen molar-refractivity contribution in [2.24, 2.45) is 0 Å². The Morgan fingerprint density at radius 1 is 1.33 bits per heavy atom. The van der Waals surface area contributed by atoms with Crippen LogP contribution in [0.25, 0.3) is 0 Å². The first-order valence-electron chi connectivity index (χ1n) is 3.14. The molecule has 0 amide bonds. The molecule has 0 aromatic heterocycles. The lowest BCUT2D eigenvalue weighted by Gasteiger charge is -1.94. The van der Waals surface area contributed by atoms with Crippen molar-refractivity contribution in [3.63, 3.8) is 0 Å². The van der Waals surface area contributed by atoms with Gasteiger partial charge in [0.05, 0.1) is 0 Å². The summed E-state index contributed by atoms with van der Waals surface area (Å²) in [6.07, 6.45) is 0. The highest BCUT2D eigenvalue weighted by molar-refractivity contribution is 6.40. The van der Waals surface area contributed by atoms with E-state index in [0.717, 1.165) is 0 Å². The first-order chi connectivity index (χ1) is 5.61. The van der Waals surface area contributed by atoms with E-state index in [1.807, 2.05) is 0 Å². The number of ketones is 1. The molecule has 0 unspecified atom stereocenters. The zero-order valence-electron chi connectivity index (χ0n) is 5.95. The average molecular weight is 187 g/mol. The third kappa shape index (κ3) is 1.83. The van der Waals surface area contributed by atoms with Gasteiger partial charge >= 0.3 is 5.97 Å². The highest BCUT2D eigenvalue weighted by atomic mass is 35.5. The molecule has 12 heavy (non-hydrogen) atoms.